The molecule has 1 aliphatic rings. The van der Waals surface area contributed by atoms with Crippen LogP contribution in [-0.2, 0) is 24.2 Å². The van der Waals surface area contributed by atoms with E-state index < -0.39 is 0 Å². The largest absolute Gasteiger partial charge is 0.368 e. The molecule has 0 bridgehead atoms. The molecule has 1 heterocycles. The summed E-state index contributed by atoms with van der Waals surface area (Å²) >= 11 is 0. The normalized spacial score (nSPS) is 17.6. The topological polar surface area (TPSA) is 73.8 Å². The number of rotatable bonds is 2. The van der Waals surface area contributed by atoms with Crippen LogP contribution in [0.3, 0.4) is 0 Å². The predicted octanol–water partition coefficient (Wildman–Crippen LogP) is 0.444. The Morgan fingerprint density at radius 2 is 2.20 bits per heavy atom. The number of hydrogen-bond donors (Lipinski definition) is 1. The van der Waals surface area contributed by atoms with Gasteiger partial charge in [-0.05, 0) is 25.7 Å². The third-order valence-corrected chi connectivity index (χ3v) is 2.49. The van der Waals surface area contributed by atoms with Crippen molar-refractivity contribution in [2.75, 3.05) is 0 Å². The van der Waals surface area contributed by atoms with E-state index in [1.807, 2.05) is 0 Å². The maximum absolute atomic E-state index is 10.8. The molecule has 82 valence electrons. The van der Waals surface area contributed by atoms with Gasteiger partial charge < -0.3 is 5.73 Å². The van der Waals surface area contributed by atoms with Gasteiger partial charge in [0.15, 0.2) is 0 Å². The Morgan fingerprint density at radius 1 is 1.47 bits per heavy atom. The predicted molar refractivity (Wildman–Crippen MR) is 57.1 cm³/mol. The average Bonchev–Trinajstić information content (AvgIpc) is 2.46. The van der Waals surface area contributed by atoms with Crippen molar-refractivity contribution in [1.82, 2.24) is 15.0 Å². The van der Waals surface area contributed by atoms with Crippen LogP contribution in [-0.4, -0.2) is 20.9 Å². The fraction of sp³-hybridized carbons (Fsp3) is 0.500. The summed E-state index contributed by atoms with van der Waals surface area (Å²) in [6, 6.07) is 0. The van der Waals surface area contributed by atoms with Crippen LogP contribution in [0.5, 0.6) is 0 Å². The monoisotopic (exact) mass is 208 g/mol. The zero-order valence-corrected chi connectivity index (χ0v) is 8.52. The van der Waals surface area contributed by atoms with Crippen LogP contribution in [0.15, 0.2) is 12.2 Å². The van der Waals surface area contributed by atoms with E-state index in [0.29, 0.717) is 0 Å². The molecule has 0 radical (unpaired) electrons. The van der Waals surface area contributed by atoms with Crippen LogP contribution in [0.2, 0.25) is 0 Å². The lowest BCUT2D eigenvalue weighted by molar-refractivity contribution is -0.118. The second kappa shape index (κ2) is 4.25. The first kappa shape index (κ1) is 9.89. The summed E-state index contributed by atoms with van der Waals surface area (Å²) in [7, 11) is 0. The molecule has 0 fully saturated rings. The van der Waals surface area contributed by atoms with E-state index in [-0.39, 0.29) is 13.9 Å². The highest BCUT2D eigenvalue weighted by Crippen LogP contribution is 2.14. The lowest BCUT2D eigenvalue weighted by Crippen LogP contribution is -2.21. The van der Waals surface area contributed by atoms with Crippen molar-refractivity contribution < 1.29 is 6.22 Å². The van der Waals surface area contributed by atoms with Crippen molar-refractivity contribution in [2.24, 2.45) is 5.73 Å². The standard InChI is InChI=1S/C10H14N4O.H2/c11-10(15)7-14-9-6-4-2-1-3-5-8(9)12-13-14;/h1-2H,3-7H2,(H2,11,15);1H/b2-1+;. The third kappa shape index (κ3) is 2.23. The van der Waals surface area contributed by atoms with Crippen LogP contribution in [0, 0.1) is 0 Å². The van der Waals surface area contributed by atoms with Crippen molar-refractivity contribution in [1.29, 1.82) is 0 Å². The number of aromatic nitrogens is 3. The van der Waals surface area contributed by atoms with E-state index in [4.69, 9.17) is 5.73 Å². The Morgan fingerprint density at radius 3 is 2.93 bits per heavy atom. The molecule has 1 aliphatic carbocycles. The molecule has 0 atom stereocenters. The number of aryl methyl sites for hydroxylation is 1. The van der Waals surface area contributed by atoms with Gasteiger partial charge in [0.25, 0.3) is 0 Å². The van der Waals surface area contributed by atoms with E-state index in [1.165, 1.54) is 0 Å². The second-order valence-corrected chi connectivity index (χ2v) is 3.66. The molecule has 0 saturated carbocycles. The summed E-state index contributed by atoms with van der Waals surface area (Å²) in [4.78, 5) is 10.8. The minimum absolute atomic E-state index is 0. The summed E-state index contributed by atoms with van der Waals surface area (Å²) in [5.74, 6) is -0.375. The number of carbonyl (C=O) groups excluding carboxylic acids is 1. The minimum Gasteiger partial charge on any atom is -0.368 e. The van der Waals surface area contributed by atoms with Gasteiger partial charge in [0.05, 0.1) is 11.4 Å². The number of primary amides is 1. The molecule has 0 aliphatic heterocycles. The smallest absolute Gasteiger partial charge is 0.239 e. The van der Waals surface area contributed by atoms with Crippen molar-refractivity contribution in [3.8, 4) is 0 Å². The highest BCUT2D eigenvalue weighted by atomic mass is 16.1. The summed E-state index contributed by atoms with van der Waals surface area (Å²) in [6.07, 6.45) is 8.05. The minimum atomic E-state index is -0.375. The van der Waals surface area contributed by atoms with E-state index >= 15 is 0 Å². The molecule has 1 aromatic heterocycles. The quantitative estimate of drug-likeness (QED) is 0.717. The molecule has 1 amide bonds. The van der Waals surface area contributed by atoms with Gasteiger partial charge in [-0.3, -0.25) is 4.79 Å². The molecule has 5 heteroatoms. The van der Waals surface area contributed by atoms with Crippen LogP contribution < -0.4 is 5.73 Å². The number of allylic oxidation sites excluding steroid dienone is 2. The maximum Gasteiger partial charge on any atom is 0.239 e. The Hall–Kier alpha value is -1.65. The van der Waals surface area contributed by atoms with Gasteiger partial charge in [0, 0.05) is 1.43 Å². The van der Waals surface area contributed by atoms with Crippen molar-refractivity contribution in [2.45, 2.75) is 32.2 Å². The molecule has 0 unspecified atom stereocenters. The summed E-state index contributed by atoms with van der Waals surface area (Å²) in [5.41, 5.74) is 7.20. The Bertz CT molecular complexity index is 400. The van der Waals surface area contributed by atoms with Gasteiger partial charge in [0.1, 0.15) is 6.54 Å². The molecule has 15 heavy (non-hydrogen) atoms. The van der Waals surface area contributed by atoms with Gasteiger partial charge in [-0.25, -0.2) is 4.68 Å². The first-order chi connectivity index (χ1) is 7.27. The Balaban J connectivity index is 0.00000128. The van der Waals surface area contributed by atoms with Gasteiger partial charge in [-0.1, -0.05) is 17.4 Å². The van der Waals surface area contributed by atoms with E-state index in [1.54, 1.807) is 4.68 Å². The molecule has 0 aromatic carbocycles. The molecule has 2 rings (SSSR count). The number of hydrogen-bond acceptors (Lipinski definition) is 3. The van der Waals surface area contributed by atoms with Gasteiger partial charge >= 0.3 is 0 Å². The van der Waals surface area contributed by atoms with Crippen molar-refractivity contribution in [3.63, 3.8) is 0 Å². The van der Waals surface area contributed by atoms with Crippen LogP contribution in [0.25, 0.3) is 0 Å². The fourth-order valence-electron chi connectivity index (χ4n) is 1.79. The summed E-state index contributed by atoms with van der Waals surface area (Å²) in [6.45, 7) is 0.131. The highest BCUT2D eigenvalue weighted by Gasteiger charge is 2.13. The van der Waals surface area contributed by atoms with E-state index in [0.717, 1.165) is 37.1 Å². The zero-order valence-electron chi connectivity index (χ0n) is 8.52. The maximum atomic E-state index is 10.8. The van der Waals surface area contributed by atoms with Gasteiger partial charge in [0.2, 0.25) is 5.91 Å². The molecule has 1 aromatic rings. The SMILES string of the molecule is NC(=O)Cn1nnc2c1CC/C=C/CC2.[HH]. The highest BCUT2D eigenvalue weighted by molar-refractivity contribution is 5.73. The lowest BCUT2D eigenvalue weighted by atomic mass is 10.1. The molecule has 0 spiro atoms. The van der Waals surface area contributed by atoms with E-state index in [9.17, 15) is 4.79 Å². The number of amides is 1. The first-order valence-electron chi connectivity index (χ1n) is 5.12. The van der Waals surface area contributed by atoms with Crippen LogP contribution in [0.1, 0.15) is 25.7 Å². The van der Waals surface area contributed by atoms with E-state index in [2.05, 4.69) is 22.5 Å². The zero-order chi connectivity index (χ0) is 10.7. The fourth-order valence-corrected chi connectivity index (χ4v) is 1.79. The average molecular weight is 208 g/mol. The number of fused-ring (bicyclic) bond motifs is 1. The third-order valence-electron chi connectivity index (χ3n) is 2.49. The molecular formula is C10H16N4O. The molecular weight excluding hydrogens is 192 g/mol. The Kier molecular flexibility index (Phi) is 2.80. The van der Waals surface area contributed by atoms with Crippen molar-refractivity contribution in [3.05, 3.63) is 23.5 Å². The number of nitrogens with zero attached hydrogens (tertiary/aromatic N) is 3. The summed E-state index contributed by atoms with van der Waals surface area (Å²) in [5, 5.41) is 8.04. The van der Waals surface area contributed by atoms with Crippen LogP contribution in [0.4, 0.5) is 0 Å². The first-order valence-corrected chi connectivity index (χ1v) is 5.12. The lowest BCUT2D eigenvalue weighted by Gasteiger charge is -2.06. The molecule has 2 N–H and O–H groups in total. The summed E-state index contributed by atoms with van der Waals surface area (Å²) < 4.78 is 1.62. The van der Waals surface area contributed by atoms with Crippen LogP contribution >= 0.6 is 0 Å². The van der Waals surface area contributed by atoms with Gasteiger partial charge in [-0.2, -0.15) is 0 Å². The molecule has 5 nitrogen and oxygen atoms in total. The Labute approximate surface area is 89.4 Å². The molecule has 0 saturated heterocycles. The van der Waals surface area contributed by atoms with Gasteiger partial charge in [-0.15, -0.1) is 5.10 Å². The number of nitrogens with two attached hydrogens (primary N) is 1. The number of carbonyl (C=O) groups is 1. The van der Waals surface area contributed by atoms with Crippen molar-refractivity contribution >= 4 is 5.91 Å². The second-order valence-electron chi connectivity index (χ2n) is 3.66.